The van der Waals surface area contributed by atoms with E-state index in [2.05, 4.69) is 10.3 Å². The average Bonchev–Trinajstić information content (AvgIpc) is 2.66. The van der Waals surface area contributed by atoms with Crippen LogP contribution in [-0.4, -0.2) is 30.5 Å². The van der Waals surface area contributed by atoms with Crippen molar-refractivity contribution in [2.24, 2.45) is 0 Å². The van der Waals surface area contributed by atoms with Gasteiger partial charge in [-0.15, -0.1) is 11.3 Å². The molecular formula is C8H10N2O3S. The Morgan fingerprint density at radius 3 is 2.93 bits per heavy atom. The third-order valence-corrected chi connectivity index (χ3v) is 2.24. The summed E-state index contributed by atoms with van der Waals surface area (Å²) >= 11 is 1.09. The molecule has 1 aromatic heterocycles. The van der Waals surface area contributed by atoms with Crippen LogP contribution in [0.3, 0.4) is 0 Å². The minimum atomic E-state index is -0.493. The first-order valence-electron chi connectivity index (χ1n) is 4.03. The quantitative estimate of drug-likeness (QED) is 0.751. The number of nitrogens with zero attached hydrogens (tertiary/aromatic N) is 1. The molecular weight excluding hydrogens is 204 g/mol. The second kappa shape index (κ2) is 4.71. The van der Waals surface area contributed by atoms with Gasteiger partial charge < -0.3 is 10.1 Å². The minimum absolute atomic E-state index is 0.199. The molecule has 0 saturated heterocycles. The number of nitrogens with one attached hydrogen (secondary N) is 1. The van der Waals surface area contributed by atoms with Crippen LogP contribution in [0.1, 0.15) is 27.2 Å². The van der Waals surface area contributed by atoms with E-state index in [0.717, 1.165) is 11.3 Å². The Balaban J connectivity index is 2.77. The van der Waals surface area contributed by atoms with Crippen LogP contribution in [0, 0.1) is 0 Å². The SMILES string of the molecule is CCOC(=O)c1nc(C(=O)NC)cs1. The second-order valence-corrected chi connectivity index (χ2v) is 3.20. The predicted octanol–water partition coefficient (Wildman–Crippen LogP) is 0.679. The molecule has 0 aromatic carbocycles. The summed E-state index contributed by atoms with van der Waals surface area (Å²) in [7, 11) is 1.51. The van der Waals surface area contributed by atoms with Crippen molar-refractivity contribution in [3.8, 4) is 0 Å². The number of aromatic nitrogens is 1. The number of hydrogen-bond donors (Lipinski definition) is 1. The van der Waals surface area contributed by atoms with Crippen molar-refractivity contribution in [1.82, 2.24) is 10.3 Å². The van der Waals surface area contributed by atoms with E-state index in [-0.39, 0.29) is 16.6 Å². The van der Waals surface area contributed by atoms with Crippen LogP contribution in [0.4, 0.5) is 0 Å². The Kier molecular flexibility index (Phi) is 3.58. The van der Waals surface area contributed by atoms with Crippen LogP contribution in [0.25, 0.3) is 0 Å². The van der Waals surface area contributed by atoms with Gasteiger partial charge in [-0.05, 0) is 6.92 Å². The van der Waals surface area contributed by atoms with Crippen LogP contribution >= 0.6 is 11.3 Å². The molecule has 0 aliphatic carbocycles. The molecule has 0 unspecified atom stereocenters. The van der Waals surface area contributed by atoms with E-state index in [1.165, 1.54) is 12.4 Å². The standard InChI is InChI=1S/C8H10N2O3S/c1-3-13-8(12)7-10-5(4-14-7)6(11)9-2/h4H,3H2,1-2H3,(H,9,11). The first kappa shape index (κ1) is 10.6. The summed E-state index contributed by atoms with van der Waals surface area (Å²) in [6, 6.07) is 0. The van der Waals surface area contributed by atoms with E-state index in [4.69, 9.17) is 4.74 Å². The van der Waals surface area contributed by atoms with Crippen molar-refractivity contribution in [2.45, 2.75) is 6.92 Å². The van der Waals surface area contributed by atoms with E-state index in [1.54, 1.807) is 6.92 Å². The molecule has 1 rings (SSSR count). The van der Waals surface area contributed by atoms with Crippen LogP contribution in [-0.2, 0) is 4.74 Å². The Hall–Kier alpha value is -1.43. The maximum Gasteiger partial charge on any atom is 0.367 e. The van der Waals surface area contributed by atoms with Gasteiger partial charge in [0.15, 0.2) is 0 Å². The smallest absolute Gasteiger partial charge is 0.367 e. The van der Waals surface area contributed by atoms with Gasteiger partial charge in [0.2, 0.25) is 5.01 Å². The number of rotatable bonds is 3. The molecule has 1 amide bonds. The van der Waals surface area contributed by atoms with E-state index in [0.29, 0.717) is 6.61 Å². The summed E-state index contributed by atoms with van der Waals surface area (Å²) in [5.41, 5.74) is 0.237. The first-order chi connectivity index (χ1) is 6.69. The summed E-state index contributed by atoms with van der Waals surface area (Å²) in [4.78, 5) is 26.1. The predicted molar refractivity (Wildman–Crippen MR) is 51.5 cm³/mol. The van der Waals surface area contributed by atoms with Crippen molar-refractivity contribution in [1.29, 1.82) is 0 Å². The molecule has 0 aliphatic heterocycles. The molecule has 14 heavy (non-hydrogen) atoms. The van der Waals surface area contributed by atoms with Crippen LogP contribution < -0.4 is 5.32 Å². The summed E-state index contributed by atoms with van der Waals surface area (Å²) in [6.45, 7) is 2.01. The van der Waals surface area contributed by atoms with Gasteiger partial charge in [-0.3, -0.25) is 4.79 Å². The van der Waals surface area contributed by atoms with Crippen molar-refractivity contribution in [3.05, 3.63) is 16.1 Å². The topological polar surface area (TPSA) is 68.3 Å². The van der Waals surface area contributed by atoms with Crippen molar-refractivity contribution >= 4 is 23.2 Å². The molecule has 1 aromatic rings. The third kappa shape index (κ3) is 2.29. The molecule has 5 nitrogen and oxygen atoms in total. The first-order valence-corrected chi connectivity index (χ1v) is 4.91. The Bertz CT molecular complexity index is 348. The van der Waals surface area contributed by atoms with E-state index in [9.17, 15) is 9.59 Å². The van der Waals surface area contributed by atoms with Gasteiger partial charge in [-0.25, -0.2) is 9.78 Å². The van der Waals surface area contributed by atoms with E-state index >= 15 is 0 Å². The minimum Gasteiger partial charge on any atom is -0.461 e. The monoisotopic (exact) mass is 214 g/mol. The fraction of sp³-hybridized carbons (Fsp3) is 0.375. The van der Waals surface area contributed by atoms with E-state index in [1.807, 2.05) is 0 Å². The lowest BCUT2D eigenvalue weighted by molar-refractivity contribution is 0.0526. The normalized spacial score (nSPS) is 9.57. The third-order valence-electron chi connectivity index (χ3n) is 1.41. The highest BCUT2D eigenvalue weighted by atomic mass is 32.1. The lowest BCUT2D eigenvalue weighted by Gasteiger charge is -1.95. The summed E-state index contributed by atoms with van der Waals surface area (Å²) in [6.07, 6.45) is 0. The zero-order valence-corrected chi connectivity index (χ0v) is 8.68. The molecule has 0 aliphatic rings. The van der Waals surface area contributed by atoms with Gasteiger partial charge in [-0.1, -0.05) is 0 Å². The molecule has 1 N–H and O–H groups in total. The average molecular weight is 214 g/mol. The maximum atomic E-state index is 11.2. The zero-order chi connectivity index (χ0) is 10.6. The molecule has 0 atom stereocenters. The summed E-state index contributed by atoms with van der Waals surface area (Å²) in [5.74, 6) is -0.801. The van der Waals surface area contributed by atoms with Gasteiger partial charge in [0.1, 0.15) is 5.69 Å². The molecule has 0 radical (unpaired) electrons. The summed E-state index contributed by atoms with van der Waals surface area (Å²) < 4.78 is 4.73. The fourth-order valence-corrected chi connectivity index (χ4v) is 1.48. The lowest BCUT2D eigenvalue weighted by Crippen LogP contribution is -2.18. The van der Waals surface area contributed by atoms with Gasteiger partial charge >= 0.3 is 5.97 Å². The number of thiazole rings is 1. The highest BCUT2D eigenvalue weighted by Crippen LogP contribution is 2.10. The van der Waals surface area contributed by atoms with Gasteiger partial charge in [0, 0.05) is 12.4 Å². The Morgan fingerprint density at radius 1 is 1.64 bits per heavy atom. The molecule has 0 fully saturated rings. The number of ether oxygens (including phenoxy) is 1. The van der Waals surface area contributed by atoms with Crippen molar-refractivity contribution < 1.29 is 14.3 Å². The lowest BCUT2D eigenvalue weighted by atomic mass is 10.4. The number of carbonyl (C=O) groups excluding carboxylic acids is 2. The molecule has 0 spiro atoms. The second-order valence-electron chi connectivity index (χ2n) is 2.34. The Labute approximate surface area is 85.1 Å². The highest BCUT2D eigenvalue weighted by Gasteiger charge is 2.14. The number of esters is 1. The van der Waals surface area contributed by atoms with Gasteiger partial charge in [0.25, 0.3) is 5.91 Å². The summed E-state index contributed by atoms with van der Waals surface area (Å²) in [5, 5.41) is 4.14. The molecule has 1 heterocycles. The fourth-order valence-electron chi connectivity index (χ4n) is 0.793. The van der Waals surface area contributed by atoms with Crippen LogP contribution in [0.15, 0.2) is 5.38 Å². The Morgan fingerprint density at radius 2 is 2.36 bits per heavy atom. The maximum absolute atomic E-state index is 11.2. The van der Waals surface area contributed by atoms with Crippen molar-refractivity contribution in [3.63, 3.8) is 0 Å². The van der Waals surface area contributed by atoms with Crippen LogP contribution in [0.2, 0.25) is 0 Å². The number of carbonyl (C=O) groups is 2. The largest absolute Gasteiger partial charge is 0.461 e. The molecule has 0 saturated carbocycles. The van der Waals surface area contributed by atoms with Crippen LogP contribution in [0.5, 0.6) is 0 Å². The number of amides is 1. The zero-order valence-electron chi connectivity index (χ0n) is 7.86. The highest BCUT2D eigenvalue weighted by molar-refractivity contribution is 7.11. The number of hydrogen-bond acceptors (Lipinski definition) is 5. The molecule has 76 valence electrons. The van der Waals surface area contributed by atoms with Gasteiger partial charge in [-0.2, -0.15) is 0 Å². The molecule has 6 heteroatoms. The molecule has 0 bridgehead atoms. The van der Waals surface area contributed by atoms with E-state index < -0.39 is 5.97 Å². The van der Waals surface area contributed by atoms with Gasteiger partial charge in [0.05, 0.1) is 6.61 Å². The van der Waals surface area contributed by atoms with Crippen molar-refractivity contribution in [2.75, 3.05) is 13.7 Å².